The van der Waals surface area contributed by atoms with Crippen molar-refractivity contribution in [1.82, 2.24) is 9.55 Å². The number of thiophene rings is 1. The molecule has 2 heterocycles. The van der Waals surface area contributed by atoms with Gasteiger partial charge in [-0.3, -0.25) is 14.2 Å². The number of aliphatic carboxylic acids is 1. The lowest BCUT2D eigenvalue weighted by molar-refractivity contribution is -0.137. The van der Waals surface area contributed by atoms with E-state index in [2.05, 4.69) is 4.98 Å². The molecule has 3 aromatic rings. The van der Waals surface area contributed by atoms with Gasteiger partial charge in [0.2, 0.25) is 0 Å². The molecule has 6 nitrogen and oxygen atoms in total. The fourth-order valence-corrected chi connectivity index (χ4v) is 3.81. The highest BCUT2D eigenvalue weighted by Gasteiger charge is 2.19. The van der Waals surface area contributed by atoms with Crippen molar-refractivity contribution in [3.63, 3.8) is 0 Å². The highest BCUT2D eigenvalue weighted by atomic mass is 32.1. The summed E-state index contributed by atoms with van der Waals surface area (Å²) in [6.07, 6.45) is 0.486. The number of hydrogen-bond acceptors (Lipinski definition) is 5. The highest BCUT2D eigenvalue weighted by molar-refractivity contribution is 7.17. The number of aromatic nitrogens is 2. The van der Waals surface area contributed by atoms with E-state index in [0.29, 0.717) is 28.2 Å². The molecule has 0 aliphatic carbocycles. The molecule has 130 valence electrons. The summed E-state index contributed by atoms with van der Waals surface area (Å²) in [4.78, 5) is 29.3. The molecule has 0 radical (unpaired) electrons. The van der Waals surface area contributed by atoms with E-state index in [4.69, 9.17) is 9.84 Å². The Hall–Kier alpha value is -2.67. The summed E-state index contributed by atoms with van der Waals surface area (Å²) in [7, 11) is 1.58. The Morgan fingerprint density at radius 3 is 2.76 bits per heavy atom. The molecule has 0 saturated carbocycles. The van der Waals surface area contributed by atoms with Crippen LogP contribution in [0.15, 0.2) is 28.4 Å². The molecule has 0 aliphatic heterocycles. The van der Waals surface area contributed by atoms with Crippen LogP contribution in [-0.2, 0) is 17.8 Å². The number of rotatable bonds is 5. The van der Waals surface area contributed by atoms with Gasteiger partial charge in [-0.1, -0.05) is 18.6 Å². The second-order valence-electron chi connectivity index (χ2n) is 5.70. The third-order valence-corrected chi connectivity index (χ3v) is 4.90. The lowest BCUT2D eigenvalue weighted by Crippen LogP contribution is -2.28. The van der Waals surface area contributed by atoms with Crippen molar-refractivity contribution in [3.05, 3.63) is 45.3 Å². The van der Waals surface area contributed by atoms with Crippen molar-refractivity contribution < 1.29 is 14.6 Å². The summed E-state index contributed by atoms with van der Waals surface area (Å²) in [5.41, 5.74) is 2.24. The summed E-state index contributed by atoms with van der Waals surface area (Å²) >= 11 is 1.38. The fraction of sp³-hybridized carbons (Fsp3) is 0.278. The molecule has 0 amide bonds. The normalized spacial score (nSPS) is 11.0. The quantitative estimate of drug-likeness (QED) is 0.758. The molecule has 25 heavy (non-hydrogen) atoms. The minimum Gasteiger partial charge on any atom is -0.496 e. The monoisotopic (exact) mass is 358 g/mol. The summed E-state index contributed by atoms with van der Waals surface area (Å²) < 4.78 is 6.67. The first kappa shape index (κ1) is 17.2. The Balaban J connectivity index is 2.34. The van der Waals surface area contributed by atoms with Crippen LogP contribution in [-0.4, -0.2) is 27.7 Å². The molecule has 0 spiro atoms. The van der Waals surface area contributed by atoms with Gasteiger partial charge in [-0.25, -0.2) is 4.98 Å². The lowest BCUT2D eigenvalue weighted by atomic mass is 10.0. The molecule has 0 unspecified atom stereocenters. The van der Waals surface area contributed by atoms with Gasteiger partial charge in [0, 0.05) is 22.9 Å². The standard InChI is InChI=1S/C18H18N2O4S/c1-4-14-19-17-16(18(23)20(14)8-15(21)22)12(9-25-17)11-7-10(2)5-6-13(11)24-3/h5-7,9H,4,8H2,1-3H3,(H,21,22). The van der Waals surface area contributed by atoms with Gasteiger partial charge in [0.1, 0.15) is 22.9 Å². The first-order valence-electron chi connectivity index (χ1n) is 7.84. The smallest absolute Gasteiger partial charge is 0.323 e. The third kappa shape index (κ3) is 3.02. The number of fused-ring (bicyclic) bond motifs is 1. The Morgan fingerprint density at radius 2 is 2.12 bits per heavy atom. The van der Waals surface area contributed by atoms with E-state index >= 15 is 0 Å². The van der Waals surface area contributed by atoms with Crippen LogP contribution in [0.2, 0.25) is 0 Å². The molecule has 1 N–H and O–H groups in total. The van der Waals surface area contributed by atoms with Gasteiger partial charge in [0.25, 0.3) is 5.56 Å². The molecule has 0 fully saturated rings. The van der Waals surface area contributed by atoms with Crippen LogP contribution >= 0.6 is 11.3 Å². The molecule has 2 aromatic heterocycles. The molecule has 7 heteroatoms. The number of carboxylic acids is 1. The van der Waals surface area contributed by atoms with Gasteiger partial charge in [0.05, 0.1) is 12.5 Å². The van der Waals surface area contributed by atoms with Crippen LogP contribution in [0.5, 0.6) is 5.75 Å². The van der Waals surface area contributed by atoms with Crippen molar-refractivity contribution in [2.24, 2.45) is 0 Å². The highest BCUT2D eigenvalue weighted by Crippen LogP contribution is 2.37. The maximum Gasteiger partial charge on any atom is 0.323 e. The zero-order valence-corrected chi connectivity index (χ0v) is 15.0. The predicted octanol–water partition coefficient (Wildman–Crippen LogP) is 3.09. The zero-order chi connectivity index (χ0) is 18.1. The van der Waals surface area contributed by atoms with E-state index in [0.717, 1.165) is 16.7 Å². The van der Waals surface area contributed by atoms with E-state index in [-0.39, 0.29) is 5.56 Å². The molecule has 0 aliphatic rings. The van der Waals surface area contributed by atoms with Gasteiger partial charge in [-0.15, -0.1) is 11.3 Å². The first-order chi connectivity index (χ1) is 12.0. The van der Waals surface area contributed by atoms with Crippen molar-refractivity contribution in [2.75, 3.05) is 7.11 Å². The number of benzene rings is 1. The predicted molar refractivity (Wildman–Crippen MR) is 97.6 cm³/mol. The molecule has 0 saturated heterocycles. The van der Waals surface area contributed by atoms with Crippen molar-refractivity contribution in [1.29, 1.82) is 0 Å². The van der Waals surface area contributed by atoms with E-state index in [1.807, 2.05) is 37.4 Å². The van der Waals surface area contributed by atoms with E-state index in [1.54, 1.807) is 7.11 Å². The first-order valence-corrected chi connectivity index (χ1v) is 8.72. The zero-order valence-electron chi connectivity index (χ0n) is 14.2. The number of nitrogens with zero attached hydrogens (tertiary/aromatic N) is 2. The van der Waals surface area contributed by atoms with Gasteiger partial charge in [0.15, 0.2) is 0 Å². The Bertz CT molecular complexity index is 1020. The summed E-state index contributed by atoms with van der Waals surface area (Å²) in [6.45, 7) is 3.42. The van der Waals surface area contributed by atoms with Crippen molar-refractivity contribution in [3.8, 4) is 16.9 Å². The number of carboxylic acid groups (broad SMARTS) is 1. The number of aryl methyl sites for hydroxylation is 2. The number of ether oxygens (including phenoxy) is 1. The third-order valence-electron chi connectivity index (χ3n) is 4.03. The van der Waals surface area contributed by atoms with Crippen LogP contribution in [0.1, 0.15) is 18.3 Å². The molecule has 0 bridgehead atoms. The van der Waals surface area contributed by atoms with E-state index in [1.165, 1.54) is 15.9 Å². The maximum absolute atomic E-state index is 13.0. The maximum atomic E-state index is 13.0. The number of hydrogen-bond donors (Lipinski definition) is 1. The largest absolute Gasteiger partial charge is 0.496 e. The second-order valence-corrected chi connectivity index (χ2v) is 6.56. The van der Waals surface area contributed by atoms with E-state index in [9.17, 15) is 9.59 Å². The van der Waals surface area contributed by atoms with Crippen molar-refractivity contribution >= 4 is 27.5 Å². The molecular formula is C18H18N2O4S. The fourth-order valence-electron chi connectivity index (χ4n) is 2.87. The van der Waals surface area contributed by atoms with Crippen LogP contribution in [0, 0.1) is 6.92 Å². The summed E-state index contributed by atoms with van der Waals surface area (Å²) in [5.74, 6) is 0.0708. The average Bonchev–Trinajstić information content (AvgIpc) is 3.00. The van der Waals surface area contributed by atoms with Gasteiger partial charge >= 0.3 is 5.97 Å². The Labute approximate surface area is 148 Å². The molecule has 3 rings (SSSR count). The van der Waals surface area contributed by atoms with Gasteiger partial charge in [-0.2, -0.15) is 0 Å². The number of methoxy groups -OCH3 is 1. The van der Waals surface area contributed by atoms with Gasteiger partial charge < -0.3 is 9.84 Å². The summed E-state index contributed by atoms with van der Waals surface area (Å²) in [6, 6.07) is 5.75. The van der Waals surface area contributed by atoms with Crippen LogP contribution in [0.3, 0.4) is 0 Å². The van der Waals surface area contributed by atoms with Crippen LogP contribution in [0.25, 0.3) is 21.3 Å². The topological polar surface area (TPSA) is 81.4 Å². The second kappa shape index (κ2) is 6.68. The SMILES string of the molecule is CCc1nc2scc(-c3cc(C)ccc3OC)c2c(=O)n1CC(=O)O. The Morgan fingerprint density at radius 1 is 1.36 bits per heavy atom. The number of carbonyl (C=O) groups is 1. The minimum absolute atomic E-state index is 0.330. The van der Waals surface area contributed by atoms with Crippen LogP contribution < -0.4 is 10.3 Å². The molecule has 1 aromatic carbocycles. The van der Waals surface area contributed by atoms with Gasteiger partial charge in [-0.05, 0) is 19.1 Å². The average molecular weight is 358 g/mol. The van der Waals surface area contributed by atoms with E-state index < -0.39 is 12.5 Å². The van der Waals surface area contributed by atoms with Crippen molar-refractivity contribution in [2.45, 2.75) is 26.8 Å². The lowest BCUT2D eigenvalue weighted by Gasteiger charge is -2.11. The Kier molecular flexibility index (Phi) is 4.59. The summed E-state index contributed by atoms with van der Waals surface area (Å²) in [5, 5.41) is 11.4. The molecule has 0 atom stereocenters. The van der Waals surface area contributed by atoms with Crippen LogP contribution in [0.4, 0.5) is 0 Å². The minimum atomic E-state index is -1.07. The molecular weight excluding hydrogens is 340 g/mol.